The highest BCUT2D eigenvalue weighted by atomic mass is 32.1. The van der Waals surface area contributed by atoms with Crippen LogP contribution >= 0.6 is 11.3 Å². The van der Waals surface area contributed by atoms with Gasteiger partial charge in [0.2, 0.25) is 0 Å². The molecule has 2 fully saturated rings. The molecule has 0 spiro atoms. The van der Waals surface area contributed by atoms with Crippen LogP contribution in [0, 0.1) is 5.92 Å². The first-order valence-electron chi connectivity index (χ1n) is 9.66. The molecule has 0 bridgehead atoms. The standard InChI is InChI=1S/C21H27N3O2S/c1-26-14-17-9-10-19(27-17)21(25)24-11-5-8-16(13-24)20-18(12-22-23-20)15-6-3-2-4-7-15/h2-4,6-7,9-10,16,18,20,22-23H,5,8,11-14H2,1H3. The molecule has 3 unspecified atom stereocenters. The average molecular weight is 386 g/mol. The summed E-state index contributed by atoms with van der Waals surface area (Å²) in [5.41, 5.74) is 8.21. The zero-order valence-corrected chi connectivity index (χ0v) is 16.5. The molecule has 1 aromatic heterocycles. The quantitative estimate of drug-likeness (QED) is 0.831. The number of carbonyl (C=O) groups is 1. The van der Waals surface area contributed by atoms with E-state index < -0.39 is 0 Å². The first kappa shape index (κ1) is 18.6. The summed E-state index contributed by atoms with van der Waals surface area (Å²) in [4.78, 5) is 16.9. The lowest BCUT2D eigenvalue weighted by molar-refractivity contribution is 0.0649. The fourth-order valence-electron chi connectivity index (χ4n) is 4.34. The molecule has 2 N–H and O–H groups in total. The second kappa shape index (κ2) is 8.52. The van der Waals surface area contributed by atoms with Crippen molar-refractivity contribution >= 4 is 17.2 Å². The van der Waals surface area contributed by atoms with Gasteiger partial charge in [-0.1, -0.05) is 30.3 Å². The third-order valence-corrected chi connectivity index (χ3v) is 6.71. The van der Waals surface area contributed by atoms with Crippen molar-refractivity contribution in [3.8, 4) is 0 Å². The van der Waals surface area contributed by atoms with Crippen LogP contribution < -0.4 is 10.9 Å². The van der Waals surface area contributed by atoms with Gasteiger partial charge in [0.05, 0.1) is 11.5 Å². The molecule has 1 aromatic carbocycles. The fourth-order valence-corrected chi connectivity index (χ4v) is 5.29. The van der Waals surface area contributed by atoms with Crippen LogP contribution in [-0.2, 0) is 11.3 Å². The highest BCUT2D eigenvalue weighted by molar-refractivity contribution is 7.14. The summed E-state index contributed by atoms with van der Waals surface area (Å²) >= 11 is 1.55. The number of likely N-dealkylation sites (tertiary alicyclic amines) is 1. The highest BCUT2D eigenvalue weighted by Crippen LogP contribution is 2.32. The molecule has 2 aromatic rings. The molecule has 6 heteroatoms. The van der Waals surface area contributed by atoms with Crippen molar-refractivity contribution in [3.63, 3.8) is 0 Å². The van der Waals surface area contributed by atoms with Gasteiger partial charge in [0, 0.05) is 43.6 Å². The van der Waals surface area contributed by atoms with Gasteiger partial charge in [0.15, 0.2) is 0 Å². The van der Waals surface area contributed by atoms with Gasteiger partial charge in [-0.3, -0.25) is 15.6 Å². The number of hydrazine groups is 1. The van der Waals surface area contributed by atoms with Crippen LogP contribution in [0.25, 0.3) is 0 Å². The van der Waals surface area contributed by atoms with Gasteiger partial charge >= 0.3 is 0 Å². The van der Waals surface area contributed by atoms with Crippen LogP contribution in [0.4, 0.5) is 0 Å². The molecule has 5 nitrogen and oxygen atoms in total. The summed E-state index contributed by atoms with van der Waals surface area (Å²) in [6.45, 7) is 3.17. The summed E-state index contributed by atoms with van der Waals surface area (Å²) < 4.78 is 5.18. The Labute approximate surface area is 164 Å². The predicted molar refractivity (Wildman–Crippen MR) is 108 cm³/mol. The van der Waals surface area contributed by atoms with E-state index in [1.165, 1.54) is 5.56 Å². The Morgan fingerprint density at radius 2 is 2.11 bits per heavy atom. The van der Waals surface area contributed by atoms with Gasteiger partial charge < -0.3 is 9.64 Å². The molecule has 2 saturated heterocycles. The molecule has 0 radical (unpaired) electrons. The van der Waals surface area contributed by atoms with Gasteiger partial charge in [-0.2, -0.15) is 0 Å². The number of nitrogens with one attached hydrogen (secondary N) is 2. The Bertz CT molecular complexity index is 764. The lowest BCUT2D eigenvalue weighted by atomic mass is 9.81. The van der Waals surface area contributed by atoms with Crippen molar-refractivity contribution in [1.82, 2.24) is 15.8 Å². The maximum atomic E-state index is 13.0. The van der Waals surface area contributed by atoms with E-state index in [1.807, 2.05) is 17.0 Å². The number of ether oxygens (including phenoxy) is 1. The van der Waals surface area contributed by atoms with Gasteiger partial charge in [0.1, 0.15) is 0 Å². The molecule has 0 aliphatic carbocycles. The Morgan fingerprint density at radius 3 is 2.93 bits per heavy atom. The third kappa shape index (κ3) is 4.09. The SMILES string of the molecule is COCc1ccc(C(=O)N2CCCC(C3NNCC3c3ccccc3)C2)s1. The Kier molecular flexibility index (Phi) is 5.88. The zero-order chi connectivity index (χ0) is 18.6. The van der Waals surface area contributed by atoms with Crippen LogP contribution in [0.3, 0.4) is 0 Å². The summed E-state index contributed by atoms with van der Waals surface area (Å²) in [7, 11) is 1.68. The second-order valence-electron chi connectivity index (χ2n) is 7.42. The average Bonchev–Trinajstić information content (AvgIpc) is 3.38. The first-order valence-corrected chi connectivity index (χ1v) is 10.5. The summed E-state index contributed by atoms with van der Waals surface area (Å²) in [6.07, 6.45) is 2.22. The van der Waals surface area contributed by atoms with Crippen molar-refractivity contribution in [3.05, 3.63) is 57.8 Å². The normalized spacial score (nSPS) is 25.7. The van der Waals surface area contributed by atoms with Gasteiger partial charge in [0.25, 0.3) is 5.91 Å². The van der Waals surface area contributed by atoms with Crippen LogP contribution in [0.5, 0.6) is 0 Å². The Balaban J connectivity index is 1.45. The van der Waals surface area contributed by atoms with Gasteiger partial charge in [-0.15, -0.1) is 11.3 Å². The van der Waals surface area contributed by atoms with Crippen LogP contribution in [-0.4, -0.2) is 43.6 Å². The molecule has 2 aliphatic rings. The number of piperidine rings is 1. The minimum atomic E-state index is 0.161. The van der Waals surface area contributed by atoms with Crippen molar-refractivity contribution in [2.24, 2.45) is 5.92 Å². The number of thiophene rings is 1. The summed E-state index contributed by atoms with van der Waals surface area (Å²) in [6, 6.07) is 15.0. The monoisotopic (exact) mass is 385 g/mol. The minimum absolute atomic E-state index is 0.161. The highest BCUT2D eigenvalue weighted by Gasteiger charge is 2.37. The predicted octanol–water partition coefficient (Wildman–Crippen LogP) is 3.01. The van der Waals surface area contributed by atoms with E-state index in [2.05, 4.69) is 41.2 Å². The summed E-state index contributed by atoms with van der Waals surface area (Å²) in [5, 5.41) is 0. The van der Waals surface area contributed by atoms with Crippen molar-refractivity contribution < 1.29 is 9.53 Å². The van der Waals surface area contributed by atoms with E-state index in [1.54, 1.807) is 18.4 Å². The Morgan fingerprint density at radius 1 is 1.26 bits per heavy atom. The number of methoxy groups -OCH3 is 1. The number of carbonyl (C=O) groups excluding carboxylic acids is 1. The van der Waals surface area contributed by atoms with Gasteiger partial charge in [-0.25, -0.2) is 0 Å². The summed E-state index contributed by atoms with van der Waals surface area (Å²) in [5.74, 6) is 1.07. The van der Waals surface area contributed by atoms with Crippen LogP contribution in [0.1, 0.15) is 38.9 Å². The molecular weight excluding hydrogens is 358 g/mol. The third-order valence-electron chi connectivity index (χ3n) is 5.66. The number of rotatable bonds is 5. The maximum Gasteiger partial charge on any atom is 0.263 e. The van der Waals surface area contributed by atoms with Crippen LogP contribution in [0.2, 0.25) is 0 Å². The molecule has 144 valence electrons. The van der Waals surface area contributed by atoms with Crippen LogP contribution in [0.15, 0.2) is 42.5 Å². The number of benzene rings is 1. The lowest BCUT2D eigenvalue weighted by Crippen LogP contribution is -2.48. The molecule has 4 rings (SSSR count). The largest absolute Gasteiger partial charge is 0.379 e. The molecule has 2 aliphatic heterocycles. The molecule has 1 amide bonds. The molecule has 0 saturated carbocycles. The van der Waals surface area contributed by atoms with Gasteiger partial charge in [-0.05, 0) is 36.5 Å². The maximum absolute atomic E-state index is 13.0. The molecule has 3 heterocycles. The van der Waals surface area contributed by atoms with E-state index in [0.717, 1.165) is 42.2 Å². The number of hydrogen-bond acceptors (Lipinski definition) is 5. The zero-order valence-electron chi connectivity index (χ0n) is 15.7. The first-order chi connectivity index (χ1) is 13.3. The topological polar surface area (TPSA) is 53.6 Å². The minimum Gasteiger partial charge on any atom is -0.379 e. The van der Waals surface area contributed by atoms with Crippen molar-refractivity contribution in [1.29, 1.82) is 0 Å². The Hall–Kier alpha value is -1.73. The van der Waals surface area contributed by atoms with Crippen molar-refractivity contribution in [2.45, 2.75) is 31.4 Å². The number of hydrogen-bond donors (Lipinski definition) is 2. The smallest absolute Gasteiger partial charge is 0.263 e. The molecule has 27 heavy (non-hydrogen) atoms. The number of nitrogens with zero attached hydrogens (tertiary/aromatic N) is 1. The molecular formula is C21H27N3O2S. The number of amides is 1. The van der Waals surface area contributed by atoms with E-state index in [9.17, 15) is 4.79 Å². The molecule has 3 atom stereocenters. The lowest BCUT2D eigenvalue weighted by Gasteiger charge is -2.37. The van der Waals surface area contributed by atoms with Crippen molar-refractivity contribution in [2.75, 3.05) is 26.7 Å². The van der Waals surface area contributed by atoms with E-state index >= 15 is 0 Å². The van der Waals surface area contributed by atoms with E-state index in [-0.39, 0.29) is 5.91 Å². The van der Waals surface area contributed by atoms with E-state index in [0.29, 0.717) is 24.5 Å². The van der Waals surface area contributed by atoms with E-state index in [4.69, 9.17) is 4.74 Å². The fraction of sp³-hybridized carbons (Fsp3) is 0.476. The second-order valence-corrected chi connectivity index (χ2v) is 8.59.